The Balaban J connectivity index is 1.72. The van der Waals surface area contributed by atoms with Crippen LogP contribution in [0.1, 0.15) is 33.0 Å². The van der Waals surface area contributed by atoms with Gasteiger partial charge in [-0.1, -0.05) is 6.92 Å². The van der Waals surface area contributed by atoms with Gasteiger partial charge in [0.2, 0.25) is 5.91 Å². The fourth-order valence-corrected chi connectivity index (χ4v) is 3.96. The van der Waals surface area contributed by atoms with Gasteiger partial charge in [-0.15, -0.1) is 0 Å². The fourth-order valence-electron chi connectivity index (χ4n) is 3.96. The normalized spacial score (nSPS) is 24.5. The Morgan fingerprint density at radius 2 is 2.09 bits per heavy atom. The molecule has 1 atom stereocenters. The smallest absolute Gasteiger partial charge is 0.339 e. The number of piperazine rings is 1. The summed E-state index contributed by atoms with van der Waals surface area (Å²) in [5.74, 6) is 0.890. The molecular formula is C16H27N5O2. The third-order valence-corrected chi connectivity index (χ3v) is 5.32. The molecule has 2 aliphatic heterocycles. The standard InChI is InChI=1S/C16H27N5O2/c1-5-20-9-8-19(11-16(20,2)3)14(22)12-6-7-13-17-18(4)15(23)21(13)10-12/h12H,5-11H2,1-4H3/t12-/m0/s1. The van der Waals surface area contributed by atoms with Crippen LogP contribution in [-0.2, 0) is 24.8 Å². The Bertz CT molecular complexity index is 660. The SMILES string of the molecule is CCN1CCN(C(=O)[C@H]2CCc3nn(C)c(=O)n3C2)CC1(C)C. The summed E-state index contributed by atoms with van der Waals surface area (Å²) in [6.07, 6.45) is 1.48. The lowest BCUT2D eigenvalue weighted by atomic mass is 9.94. The van der Waals surface area contributed by atoms with E-state index in [2.05, 4.69) is 30.8 Å². The van der Waals surface area contributed by atoms with Crippen molar-refractivity contribution >= 4 is 5.91 Å². The minimum absolute atomic E-state index is 0.00757. The van der Waals surface area contributed by atoms with Gasteiger partial charge < -0.3 is 4.90 Å². The van der Waals surface area contributed by atoms with E-state index in [1.54, 1.807) is 11.6 Å². The summed E-state index contributed by atoms with van der Waals surface area (Å²) in [5.41, 5.74) is -0.109. The predicted molar refractivity (Wildman–Crippen MR) is 87.2 cm³/mol. The second kappa shape index (κ2) is 5.78. The molecule has 0 unspecified atom stereocenters. The number of aryl methyl sites for hydroxylation is 2. The number of fused-ring (bicyclic) bond motifs is 1. The van der Waals surface area contributed by atoms with Gasteiger partial charge in [-0.3, -0.25) is 14.3 Å². The molecule has 128 valence electrons. The average molecular weight is 321 g/mol. The monoisotopic (exact) mass is 321 g/mol. The van der Waals surface area contributed by atoms with Crippen LogP contribution in [0.2, 0.25) is 0 Å². The number of hydrogen-bond donors (Lipinski definition) is 0. The summed E-state index contributed by atoms with van der Waals surface area (Å²) >= 11 is 0. The summed E-state index contributed by atoms with van der Waals surface area (Å²) < 4.78 is 3.03. The van der Waals surface area contributed by atoms with Gasteiger partial charge in [0.25, 0.3) is 0 Å². The molecule has 0 spiro atoms. The lowest BCUT2D eigenvalue weighted by molar-refractivity contribution is -0.141. The molecule has 0 aromatic carbocycles. The summed E-state index contributed by atoms with van der Waals surface area (Å²) in [5, 5.41) is 4.24. The lowest BCUT2D eigenvalue weighted by Crippen LogP contribution is -2.61. The van der Waals surface area contributed by atoms with Crippen LogP contribution in [-0.4, -0.2) is 61.8 Å². The highest BCUT2D eigenvalue weighted by Crippen LogP contribution is 2.25. The first-order chi connectivity index (χ1) is 10.8. The van der Waals surface area contributed by atoms with E-state index in [-0.39, 0.29) is 23.1 Å². The predicted octanol–water partition coefficient (Wildman–Crippen LogP) is 0.0869. The van der Waals surface area contributed by atoms with Gasteiger partial charge in [0.15, 0.2) is 0 Å². The van der Waals surface area contributed by atoms with Crippen molar-refractivity contribution in [2.24, 2.45) is 13.0 Å². The molecule has 1 amide bonds. The van der Waals surface area contributed by atoms with Crippen molar-refractivity contribution in [1.82, 2.24) is 24.1 Å². The number of nitrogens with zero attached hydrogens (tertiary/aromatic N) is 5. The Kier molecular flexibility index (Phi) is 4.08. The minimum Gasteiger partial charge on any atom is -0.339 e. The molecule has 0 bridgehead atoms. The van der Waals surface area contributed by atoms with Gasteiger partial charge in [-0.05, 0) is 26.8 Å². The molecule has 0 N–H and O–H groups in total. The van der Waals surface area contributed by atoms with Gasteiger partial charge in [0.1, 0.15) is 5.82 Å². The molecule has 1 aromatic heterocycles. The number of amides is 1. The van der Waals surface area contributed by atoms with Crippen LogP contribution in [0.25, 0.3) is 0 Å². The first kappa shape index (κ1) is 16.2. The third-order valence-electron chi connectivity index (χ3n) is 5.32. The van der Waals surface area contributed by atoms with Crippen molar-refractivity contribution in [1.29, 1.82) is 0 Å². The second-order valence-corrected chi connectivity index (χ2v) is 7.32. The van der Waals surface area contributed by atoms with Crippen LogP contribution in [0.3, 0.4) is 0 Å². The van der Waals surface area contributed by atoms with E-state index in [9.17, 15) is 9.59 Å². The van der Waals surface area contributed by atoms with Crippen molar-refractivity contribution in [3.05, 3.63) is 16.3 Å². The van der Waals surface area contributed by atoms with Gasteiger partial charge >= 0.3 is 5.69 Å². The molecule has 1 aromatic rings. The van der Waals surface area contributed by atoms with Crippen LogP contribution < -0.4 is 5.69 Å². The van der Waals surface area contributed by atoms with Crippen LogP contribution in [0.15, 0.2) is 4.79 Å². The van der Waals surface area contributed by atoms with Crippen molar-refractivity contribution in [2.45, 2.75) is 45.7 Å². The van der Waals surface area contributed by atoms with Gasteiger partial charge in [-0.2, -0.15) is 5.10 Å². The van der Waals surface area contributed by atoms with Crippen LogP contribution in [0.5, 0.6) is 0 Å². The fraction of sp³-hybridized carbons (Fsp3) is 0.812. The zero-order chi connectivity index (χ0) is 16.8. The molecular weight excluding hydrogens is 294 g/mol. The molecule has 3 heterocycles. The third kappa shape index (κ3) is 2.82. The Hall–Kier alpha value is -1.63. The van der Waals surface area contributed by atoms with Crippen molar-refractivity contribution in [3.63, 3.8) is 0 Å². The summed E-state index contributed by atoms with van der Waals surface area (Å²) in [4.78, 5) is 29.4. The van der Waals surface area contributed by atoms with Gasteiger partial charge in [0, 0.05) is 45.2 Å². The topological polar surface area (TPSA) is 63.4 Å². The molecule has 7 heteroatoms. The lowest BCUT2D eigenvalue weighted by Gasteiger charge is -2.47. The summed E-state index contributed by atoms with van der Waals surface area (Å²) in [6, 6.07) is 0. The maximum atomic E-state index is 12.9. The number of rotatable bonds is 2. The van der Waals surface area contributed by atoms with Crippen molar-refractivity contribution in [2.75, 3.05) is 26.2 Å². The largest absolute Gasteiger partial charge is 0.345 e. The summed E-state index contributed by atoms with van der Waals surface area (Å²) in [6.45, 7) is 10.5. The van der Waals surface area contributed by atoms with Gasteiger partial charge in [0.05, 0.1) is 5.92 Å². The summed E-state index contributed by atoms with van der Waals surface area (Å²) in [7, 11) is 1.66. The quantitative estimate of drug-likeness (QED) is 0.774. The van der Waals surface area contributed by atoms with E-state index in [0.717, 1.165) is 38.4 Å². The zero-order valence-electron chi connectivity index (χ0n) is 14.6. The highest BCUT2D eigenvalue weighted by Gasteiger charge is 2.38. The van der Waals surface area contributed by atoms with Crippen LogP contribution in [0, 0.1) is 5.92 Å². The Morgan fingerprint density at radius 3 is 2.74 bits per heavy atom. The molecule has 0 radical (unpaired) electrons. The minimum atomic E-state index is -0.117. The van der Waals surface area contributed by atoms with Crippen LogP contribution in [0.4, 0.5) is 0 Å². The molecule has 3 rings (SSSR count). The number of carbonyl (C=O) groups is 1. The molecule has 23 heavy (non-hydrogen) atoms. The van der Waals surface area contributed by atoms with Gasteiger partial charge in [-0.25, -0.2) is 9.48 Å². The maximum Gasteiger partial charge on any atom is 0.345 e. The molecule has 7 nitrogen and oxygen atoms in total. The van der Waals surface area contributed by atoms with E-state index < -0.39 is 0 Å². The molecule has 0 saturated carbocycles. The van der Waals surface area contributed by atoms with E-state index in [0.29, 0.717) is 13.0 Å². The van der Waals surface area contributed by atoms with E-state index in [4.69, 9.17) is 0 Å². The van der Waals surface area contributed by atoms with E-state index in [1.807, 2.05) is 4.90 Å². The molecule has 2 aliphatic rings. The molecule has 0 aliphatic carbocycles. The van der Waals surface area contributed by atoms with E-state index >= 15 is 0 Å². The highest BCUT2D eigenvalue weighted by molar-refractivity contribution is 5.79. The maximum absolute atomic E-state index is 12.9. The Labute approximate surface area is 136 Å². The first-order valence-corrected chi connectivity index (χ1v) is 8.50. The highest BCUT2D eigenvalue weighted by atomic mass is 16.2. The second-order valence-electron chi connectivity index (χ2n) is 7.32. The zero-order valence-corrected chi connectivity index (χ0v) is 14.6. The molecule has 1 fully saturated rings. The van der Waals surface area contributed by atoms with Crippen LogP contribution >= 0.6 is 0 Å². The number of likely N-dealkylation sites (N-methyl/N-ethyl adjacent to an activating group) is 1. The number of aromatic nitrogens is 3. The van der Waals surface area contributed by atoms with E-state index in [1.165, 1.54) is 4.68 Å². The Morgan fingerprint density at radius 1 is 1.35 bits per heavy atom. The van der Waals surface area contributed by atoms with Crippen molar-refractivity contribution in [3.8, 4) is 0 Å². The number of carbonyl (C=O) groups excluding carboxylic acids is 1. The average Bonchev–Trinajstić information content (AvgIpc) is 2.80. The number of hydrogen-bond acceptors (Lipinski definition) is 4. The molecule has 1 saturated heterocycles. The van der Waals surface area contributed by atoms with Crippen molar-refractivity contribution < 1.29 is 4.79 Å². The first-order valence-electron chi connectivity index (χ1n) is 8.50.